The van der Waals surface area contributed by atoms with E-state index in [0.29, 0.717) is 6.04 Å². The van der Waals surface area contributed by atoms with Gasteiger partial charge in [-0.1, -0.05) is 42.5 Å². The first-order valence-electron chi connectivity index (χ1n) is 9.52. The number of methoxy groups -OCH3 is 1. The Morgan fingerprint density at radius 2 is 1.85 bits per heavy atom. The van der Waals surface area contributed by atoms with Gasteiger partial charge in [-0.3, -0.25) is 4.90 Å². The van der Waals surface area contributed by atoms with Gasteiger partial charge in [-0.25, -0.2) is 0 Å². The van der Waals surface area contributed by atoms with Crippen LogP contribution in [0.2, 0.25) is 0 Å². The number of aliphatic hydroxyl groups excluding tert-OH is 1. The van der Waals surface area contributed by atoms with E-state index in [1.54, 1.807) is 7.11 Å². The molecule has 1 saturated heterocycles. The molecule has 26 heavy (non-hydrogen) atoms. The molecule has 0 aliphatic carbocycles. The van der Waals surface area contributed by atoms with Gasteiger partial charge < -0.3 is 14.7 Å². The van der Waals surface area contributed by atoms with Crippen LogP contribution in [0.15, 0.2) is 54.6 Å². The third-order valence-electron chi connectivity index (χ3n) is 5.23. The fourth-order valence-corrected chi connectivity index (χ4v) is 3.73. The van der Waals surface area contributed by atoms with Crippen molar-refractivity contribution in [1.82, 2.24) is 9.80 Å². The summed E-state index contributed by atoms with van der Waals surface area (Å²) >= 11 is 0. The average molecular weight is 354 g/mol. The molecule has 140 valence electrons. The van der Waals surface area contributed by atoms with Crippen LogP contribution in [-0.4, -0.2) is 60.8 Å². The molecule has 1 N–H and O–H groups in total. The van der Waals surface area contributed by atoms with Crippen LogP contribution in [-0.2, 0) is 13.0 Å². The fraction of sp³-hybridized carbons (Fsp3) is 0.455. The first-order valence-corrected chi connectivity index (χ1v) is 9.52. The molecule has 4 nitrogen and oxygen atoms in total. The van der Waals surface area contributed by atoms with E-state index in [2.05, 4.69) is 52.3 Å². The van der Waals surface area contributed by atoms with Gasteiger partial charge in [0.15, 0.2) is 0 Å². The third-order valence-corrected chi connectivity index (χ3v) is 5.23. The SMILES string of the molecule is COc1cccc(CN2CCN(CCc3ccccc3)C[C@H]2CCO)c1. The van der Waals surface area contributed by atoms with E-state index in [1.807, 2.05) is 12.1 Å². The van der Waals surface area contributed by atoms with Crippen LogP contribution in [0.25, 0.3) is 0 Å². The highest BCUT2D eigenvalue weighted by Crippen LogP contribution is 2.19. The molecule has 1 atom stereocenters. The summed E-state index contributed by atoms with van der Waals surface area (Å²) in [5.74, 6) is 0.905. The molecular formula is C22H30N2O2. The fourth-order valence-electron chi connectivity index (χ4n) is 3.73. The van der Waals surface area contributed by atoms with Gasteiger partial charge in [-0.2, -0.15) is 0 Å². The van der Waals surface area contributed by atoms with Crippen LogP contribution in [0.5, 0.6) is 5.75 Å². The van der Waals surface area contributed by atoms with Gasteiger partial charge in [0, 0.05) is 45.4 Å². The molecule has 1 aliphatic rings. The Labute approximate surface area is 157 Å². The Balaban J connectivity index is 1.57. The molecule has 2 aromatic carbocycles. The van der Waals surface area contributed by atoms with Gasteiger partial charge in [0.1, 0.15) is 5.75 Å². The predicted molar refractivity (Wildman–Crippen MR) is 105 cm³/mol. The monoisotopic (exact) mass is 354 g/mol. The van der Waals surface area contributed by atoms with E-state index in [4.69, 9.17) is 4.74 Å². The largest absolute Gasteiger partial charge is 0.497 e. The summed E-state index contributed by atoms with van der Waals surface area (Å²) < 4.78 is 5.34. The number of piperazine rings is 1. The van der Waals surface area contributed by atoms with Gasteiger partial charge in [-0.15, -0.1) is 0 Å². The quantitative estimate of drug-likeness (QED) is 0.791. The summed E-state index contributed by atoms with van der Waals surface area (Å²) in [6, 6.07) is 19.4. The number of rotatable bonds is 8. The van der Waals surface area contributed by atoms with E-state index in [1.165, 1.54) is 11.1 Å². The van der Waals surface area contributed by atoms with Crippen molar-refractivity contribution in [3.05, 3.63) is 65.7 Å². The molecule has 4 heteroatoms. The molecule has 0 radical (unpaired) electrons. The Morgan fingerprint density at radius 1 is 1.04 bits per heavy atom. The second kappa shape index (κ2) is 9.72. The molecular weight excluding hydrogens is 324 g/mol. The third kappa shape index (κ3) is 5.31. The summed E-state index contributed by atoms with van der Waals surface area (Å²) in [5, 5.41) is 9.51. The molecule has 0 spiro atoms. The molecule has 3 rings (SSSR count). The Bertz CT molecular complexity index is 662. The molecule has 1 aliphatic heterocycles. The molecule has 1 fully saturated rings. The smallest absolute Gasteiger partial charge is 0.119 e. The van der Waals surface area contributed by atoms with E-state index < -0.39 is 0 Å². The first kappa shape index (κ1) is 18.9. The van der Waals surface area contributed by atoms with E-state index in [0.717, 1.165) is 51.3 Å². The molecule has 0 saturated carbocycles. The predicted octanol–water partition coefficient (Wildman–Crippen LogP) is 2.81. The highest BCUT2D eigenvalue weighted by Gasteiger charge is 2.26. The van der Waals surface area contributed by atoms with Crippen molar-refractivity contribution in [3.63, 3.8) is 0 Å². The highest BCUT2D eigenvalue weighted by atomic mass is 16.5. The van der Waals surface area contributed by atoms with Crippen molar-refractivity contribution in [2.45, 2.75) is 25.4 Å². The molecule has 0 aromatic heterocycles. The summed E-state index contributed by atoms with van der Waals surface area (Å²) in [6.07, 6.45) is 1.91. The summed E-state index contributed by atoms with van der Waals surface area (Å²) in [5.41, 5.74) is 2.66. The lowest BCUT2D eigenvalue weighted by atomic mass is 10.1. The number of hydrogen-bond acceptors (Lipinski definition) is 4. The summed E-state index contributed by atoms with van der Waals surface area (Å²) in [4.78, 5) is 5.04. The lowest BCUT2D eigenvalue weighted by Gasteiger charge is -2.41. The second-order valence-electron chi connectivity index (χ2n) is 7.02. The van der Waals surface area contributed by atoms with Crippen LogP contribution in [0.4, 0.5) is 0 Å². The van der Waals surface area contributed by atoms with Crippen molar-refractivity contribution in [2.75, 3.05) is 39.9 Å². The average Bonchev–Trinajstić information content (AvgIpc) is 2.69. The standard InChI is InChI=1S/C22H30N2O2/c1-26-22-9-5-8-20(16-22)17-24-14-13-23(18-21(24)11-15-25)12-10-19-6-3-2-4-7-19/h2-9,16,21,25H,10-15,17-18H2,1H3/t21-/m1/s1. The first-order chi connectivity index (χ1) is 12.8. The Kier molecular flexibility index (Phi) is 7.06. The maximum absolute atomic E-state index is 9.51. The normalized spacial score (nSPS) is 18.8. The summed E-state index contributed by atoms with van der Waals surface area (Å²) in [6.45, 7) is 5.38. The molecule has 0 bridgehead atoms. The zero-order chi connectivity index (χ0) is 18.2. The lowest BCUT2D eigenvalue weighted by molar-refractivity contribution is 0.0543. The van der Waals surface area contributed by atoms with Crippen LogP contribution >= 0.6 is 0 Å². The molecule has 0 unspecified atom stereocenters. The summed E-state index contributed by atoms with van der Waals surface area (Å²) in [7, 11) is 1.71. The number of nitrogens with zero attached hydrogens (tertiary/aromatic N) is 2. The minimum atomic E-state index is 0.242. The van der Waals surface area contributed by atoms with Gasteiger partial charge in [-0.05, 0) is 36.1 Å². The van der Waals surface area contributed by atoms with Crippen molar-refractivity contribution >= 4 is 0 Å². The van der Waals surface area contributed by atoms with Gasteiger partial charge in [0.25, 0.3) is 0 Å². The van der Waals surface area contributed by atoms with E-state index >= 15 is 0 Å². The van der Waals surface area contributed by atoms with Gasteiger partial charge in [0.05, 0.1) is 7.11 Å². The van der Waals surface area contributed by atoms with Crippen LogP contribution in [0.3, 0.4) is 0 Å². The van der Waals surface area contributed by atoms with E-state index in [-0.39, 0.29) is 6.61 Å². The van der Waals surface area contributed by atoms with Crippen molar-refractivity contribution in [2.24, 2.45) is 0 Å². The second-order valence-corrected chi connectivity index (χ2v) is 7.02. The number of aliphatic hydroxyl groups is 1. The van der Waals surface area contributed by atoms with Gasteiger partial charge in [0.2, 0.25) is 0 Å². The Morgan fingerprint density at radius 3 is 2.62 bits per heavy atom. The number of ether oxygens (including phenoxy) is 1. The maximum Gasteiger partial charge on any atom is 0.119 e. The molecule has 1 heterocycles. The van der Waals surface area contributed by atoms with Crippen molar-refractivity contribution < 1.29 is 9.84 Å². The minimum Gasteiger partial charge on any atom is -0.497 e. The van der Waals surface area contributed by atoms with Crippen molar-refractivity contribution in [1.29, 1.82) is 0 Å². The Hall–Kier alpha value is -1.88. The van der Waals surface area contributed by atoms with Crippen molar-refractivity contribution in [3.8, 4) is 5.75 Å². The lowest BCUT2D eigenvalue weighted by Crippen LogP contribution is -2.53. The zero-order valence-corrected chi connectivity index (χ0v) is 15.7. The molecule has 0 amide bonds. The molecule has 2 aromatic rings. The number of benzene rings is 2. The van der Waals surface area contributed by atoms with Crippen LogP contribution in [0.1, 0.15) is 17.5 Å². The maximum atomic E-state index is 9.51. The van der Waals surface area contributed by atoms with Crippen LogP contribution < -0.4 is 4.74 Å². The zero-order valence-electron chi connectivity index (χ0n) is 15.7. The topological polar surface area (TPSA) is 35.9 Å². The van der Waals surface area contributed by atoms with E-state index in [9.17, 15) is 5.11 Å². The number of hydrogen-bond donors (Lipinski definition) is 1. The highest BCUT2D eigenvalue weighted by molar-refractivity contribution is 5.28. The minimum absolute atomic E-state index is 0.242. The van der Waals surface area contributed by atoms with Crippen LogP contribution in [0, 0.1) is 0 Å². The van der Waals surface area contributed by atoms with Gasteiger partial charge >= 0.3 is 0 Å².